The van der Waals surface area contributed by atoms with Crippen LogP contribution in [0.5, 0.6) is 0 Å². The van der Waals surface area contributed by atoms with E-state index in [0.29, 0.717) is 28.5 Å². The molecular formula is C23H29N3O4S3. The van der Waals surface area contributed by atoms with Gasteiger partial charge in [0.15, 0.2) is 0 Å². The number of hydrogen-bond donors (Lipinski definition) is 2. The van der Waals surface area contributed by atoms with Crippen molar-refractivity contribution in [3.8, 4) is 0 Å². The summed E-state index contributed by atoms with van der Waals surface area (Å²) in [6, 6.07) is 12.2. The fourth-order valence-corrected chi connectivity index (χ4v) is 6.72. The van der Waals surface area contributed by atoms with Crippen molar-refractivity contribution in [2.75, 3.05) is 20.1 Å². The zero-order chi connectivity index (χ0) is 24.0. The summed E-state index contributed by atoms with van der Waals surface area (Å²) in [6.45, 7) is 4.59. The second-order valence-corrected chi connectivity index (χ2v) is 12.5. The summed E-state index contributed by atoms with van der Waals surface area (Å²) in [5.41, 5.74) is 0. The van der Waals surface area contributed by atoms with Crippen LogP contribution in [-0.2, 0) is 14.8 Å². The number of sulfonamides is 1. The molecule has 0 radical (unpaired) electrons. The summed E-state index contributed by atoms with van der Waals surface area (Å²) in [4.78, 5) is 26.2. The molecular weight excluding hydrogens is 478 g/mol. The number of carbonyl (C=O) groups excluding carboxylic acids is 2. The molecule has 0 aliphatic carbocycles. The SMILES string of the molecule is CC(C)C[C@H](NC(=O)c1cc2ccccc2s1)C(=O)NCCCN(C)S(=O)(=O)c1cccs1. The third-order valence-electron chi connectivity index (χ3n) is 5.09. The van der Waals surface area contributed by atoms with Crippen molar-refractivity contribution < 1.29 is 18.0 Å². The highest BCUT2D eigenvalue weighted by Gasteiger charge is 2.24. The fraction of sp³-hybridized carbons (Fsp3) is 0.391. The van der Waals surface area contributed by atoms with E-state index in [4.69, 9.17) is 0 Å². The summed E-state index contributed by atoms with van der Waals surface area (Å²) in [5, 5.41) is 8.44. The number of amides is 2. The largest absolute Gasteiger partial charge is 0.354 e. The third kappa shape index (κ3) is 6.63. The van der Waals surface area contributed by atoms with Crippen LogP contribution in [0.1, 0.15) is 36.4 Å². The fourth-order valence-electron chi connectivity index (χ4n) is 3.35. The van der Waals surface area contributed by atoms with Crippen LogP contribution in [0.15, 0.2) is 52.1 Å². The van der Waals surface area contributed by atoms with Crippen molar-refractivity contribution in [2.24, 2.45) is 5.92 Å². The maximum Gasteiger partial charge on any atom is 0.262 e. The first-order valence-electron chi connectivity index (χ1n) is 10.8. The minimum atomic E-state index is -3.50. The van der Waals surface area contributed by atoms with Gasteiger partial charge in [-0.15, -0.1) is 22.7 Å². The number of nitrogens with one attached hydrogen (secondary N) is 2. The van der Waals surface area contributed by atoms with Gasteiger partial charge in [0.1, 0.15) is 10.3 Å². The molecule has 0 saturated heterocycles. The number of nitrogens with zero attached hydrogens (tertiary/aromatic N) is 1. The van der Waals surface area contributed by atoms with Crippen molar-refractivity contribution >= 4 is 54.6 Å². The third-order valence-corrected chi connectivity index (χ3v) is 9.43. The van der Waals surface area contributed by atoms with Gasteiger partial charge in [0.2, 0.25) is 5.91 Å². The maximum absolute atomic E-state index is 12.8. The minimum absolute atomic E-state index is 0.213. The Hall–Kier alpha value is -2.27. The Labute approximate surface area is 202 Å². The predicted octanol–water partition coefficient (Wildman–Crippen LogP) is 3.93. The summed E-state index contributed by atoms with van der Waals surface area (Å²) in [6.07, 6.45) is 0.973. The summed E-state index contributed by atoms with van der Waals surface area (Å²) in [5.74, 6) is -0.314. The quantitative estimate of drug-likeness (QED) is 0.385. The molecule has 2 aromatic heterocycles. The van der Waals surface area contributed by atoms with E-state index >= 15 is 0 Å². The molecule has 1 atom stereocenters. The summed E-state index contributed by atoms with van der Waals surface area (Å²) in [7, 11) is -1.97. The molecule has 0 spiro atoms. The number of rotatable bonds is 11. The van der Waals surface area contributed by atoms with Crippen LogP contribution in [0, 0.1) is 5.92 Å². The van der Waals surface area contributed by atoms with E-state index in [2.05, 4.69) is 10.6 Å². The molecule has 178 valence electrons. The van der Waals surface area contributed by atoms with Crippen LogP contribution >= 0.6 is 22.7 Å². The molecule has 0 unspecified atom stereocenters. The number of carbonyl (C=O) groups is 2. The van der Waals surface area contributed by atoms with E-state index in [1.807, 2.05) is 44.2 Å². The van der Waals surface area contributed by atoms with Crippen LogP contribution in [0.3, 0.4) is 0 Å². The molecule has 7 nitrogen and oxygen atoms in total. The molecule has 33 heavy (non-hydrogen) atoms. The Morgan fingerprint density at radius 1 is 1.12 bits per heavy atom. The first kappa shape index (κ1) is 25.4. The Morgan fingerprint density at radius 3 is 2.55 bits per heavy atom. The smallest absolute Gasteiger partial charge is 0.262 e. The van der Waals surface area contributed by atoms with Gasteiger partial charge in [-0.3, -0.25) is 9.59 Å². The molecule has 1 aromatic carbocycles. The number of fused-ring (bicyclic) bond motifs is 1. The molecule has 2 amide bonds. The molecule has 0 fully saturated rings. The van der Waals surface area contributed by atoms with Gasteiger partial charge in [0, 0.05) is 24.8 Å². The summed E-state index contributed by atoms with van der Waals surface area (Å²) >= 11 is 2.58. The van der Waals surface area contributed by atoms with E-state index in [1.54, 1.807) is 17.5 Å². The number of thiophene rings is 2. The van der Waals surface area contributed by atoms with Gasteiger partial charge in [-0.05, 0) is 47.7 Å². The van der Waals surface area contributed by atoms with E-state index in [9.17, 15) is 18.0 Å². The van der Waals surface area contributed by atoms with Gasteiger partial charge in [-0.2, -0.15) is 0 Å². The molecule has 0 aliphatic heterocycles. The predicted molar refractivity (Wildman–Crippen MR) is 134 cm³/mol. The first-order chi connectivity index (χ1) is 15.7. The zero-order valence-corrected chi connectivity index (χ0v) is 21.4. The van der Waals surface area contributed by atoms with E-state index in [1.165, 1.54) is 34.0 Å². The van der Waals surface area contributed by atoms with Crippen LogP contribution in [0.25, 0.3) is 10.1 Å². The molecule has 2 N–H and O–H groups in total. The number of hydrogen-bond acceptors (Lipinski definition) is 6. The van der Waals surface area contributed by atoms with Crippen LogP contribution in [0.2, 0.25) is 0 Å². The average Bonchev–Trinajstić information content (AvgIpc) is 3.46. The van der Waals surface area contributed by atoms with Crippen molar-refractivity contribution in [3.63, 3.8) is 0 Å². The lowest BCUT2D eigenvalue weighted by atomic mass is 10.0. The van der Waals surface area contributed by atoms with Crippen molar-refractivity contribution in [3.05, 3.63) is 52.7 Å². The lowest BCUT2D eigenvalue weighted by molar-refractivity contribution is -0.123. The van der Waals surface area contributed by atoms with E-state index < -0.39 is 16.1 Å². The van der Waals surface area contributed by atoms with Crippen molar-refractivity contribution in [1.29, 1.82) is 0 Å². The van der Waals surface area contributed by atoms with Crippen molar-refractivity contribution in [1.82, 2.24) is 14.9 Å². The second-order valence-electron chi connectivity index (χ2n) is 8.21. The average molecular weight is 508 g/mol. The van der Waals surface area contributed by atoms with Gasteiger partial charge >= 0.3 is 0 Å². The van der Waals surface area contributed by atoms with Gasteiger partial charge in [-0.1, -0.05) is 38.1 Å². The summed E-state index contributed by atoms with van der Waals surface area (Å²) < 4.78 is 27.6. The lowest BCUT2D eigenvalue weighted by Crippen LogP contribution is -2.47. The highest BCUT2D eigenvalue weighted by Crippen LogP contribution is 2.25. The van der Waals surface area contributed by atoms with E-state index in [0.717, 1.165) is 10.1 Å². The van der Waals surface area contributed by atoms with Crippen LogP contribution in [0.4, 0.5) is 0 Å². The lowest BCUT2D eigenvalue weighted by Gasteiger charge is -2.20. The van der Waals surface area contributed by atoms with Crippen LogP contribution in [-0.4, -0.2) is 50.7 Å². The molecule has 3 aromatic rings. The Morgan fingerprint density at radius 2 is 1.88 bits per heavy atom. The Balaban J connectivity index is 1.54. The molecule has 0 aliphatic rings. The number of benzene rings is 1. The standard InChI is InChI=1S/C23H29N3O4S3/c1-16(2)14-18(25-23(28)20-15-17-8-4-5-9-19(17)32-20)22(27)24-11-7-12-26(3)33(29,30)21-10-6-13-31-21/h4-6,8-10,13,15-16,18H,7,11-12,14H2,1-3H3,(H,24,27)(H,25,28)/t18-/m0/s1. The van der Waals surface area contributed by atoms with Gasteiger partial charge in [-0.25, -0.2) is 12.7 Å². The Kier molecular flexibility index (Phi) is 8.63. The van der Waals surface area contributed by atoms with Gasteiger partial charge in [0.05, 0.1) is 4.88 Å². The molecule has 0 saturated carbocycles. The highest BCUT2D eigenvalue weighted by molar-refractivity contribution is 7.91. The molecule has 3 rings (SSSR count). The minimum Gasteiger partial charge on any atom is -0.354 e. The van der Waals surface area contributed by atoms with E-state index in [-0.39, 0.29) is 24.3 Å². The van der Waals surface area contributed by atoms with Gasteiger partial charge < -0.3 is 10.6 Å². The monoisotopic (exact) mass is 507 g/mol. The Bertz CT molecular complexity index is 1150. The zero-order valence-electron chi connectivity index (χ0n) is 18.9. The molecule has 2 heterocycles. The maximum atomic E-state index is 12.8. The second kappa shape index (κ2) is 11.2. The highest BCUT2D eigenvalue weighted by atomic mass is 32.2. The molecule has 10 heteroatoms. The van der Waals surface area contributed by atoms with Gasteiger partial charge in [0.25, 0.3) is 15.9 Å². The van der Waals surface area contributed by atoms with Crippen LogP contribution < -0.4 is 10.6 Å². The molecule has 0 bridgehead atoms. The first-order valence-corrected chi connectivity index (χ1v) is 13.9. The van der Waals surface area contributed by atoms with Crippen molar-refractivity contribution in [2.45, 2.75) is 36.9 Å². The normalized spacial score (nSPS) is 12.9. The topological polar surface area (TPSA) is 95.6 Å².